The number of nitrogens with zero attached hydrogens (tertiary/aromatic N) is 5. The molecule has 1 atom stereocenters. The predicted octanol–water partition coefficient (Wildman–Crippen LogP) is 3.68. The topological polar surface area (TPSA) is 91.1 Å². The van der Waals surface area contributed by atoms with E-state index in [1.165, 1.54) is 29.8 Å². The monoisotopic (exact) mass is 512 g/mol. The van der Waals surface area contributed by atoms with E-state index < -0.39 is 17.1 Å². The van der Waals surface area contributed by atoms with Gasteiger partial charge in [0.25, 0.3) is 5.56 Å². The average Bonchev–Trinajstić information content (AvgIpc) is 3.25. The first kappa shape index (κ1) is 25.7. The van der Waals surface area contributed by atoms with Gasteiger partial charge in [-0.2, -0.15) is 0 Å². The maximum atomic E-state index is 14.1. The summed E-state index contributed by atoms with van der Waals surface area (Å²) in [5.41, 5.74) is 7.16. The standard InChI is InChI=1S/C24H24ClFN6O2.C2H6/c1-29-23(33)22-20(32(24(29)34)18-5-2-8-28-12-18)11-21(30-9-3-4-17(27)14-30)31(22)13-15-10-16(26)6-7-19(15)25;1-2/h2,5-8,10-12,17H,3-4,9,13-14,27H2,1H3;1-2H3. The molecule has 0 amide bonds. The van der Waals surface area contributed by atoms with Crippen molar-refractivity contribution in [2.45, 2.75) is 39.3 Å². The first-order chi connectivity index (χ1) is 17.3. The van der Waals surface area contributed by atoms with Crippen molar-refractivity contribution in [2.75, 3.05) is 18.0 Å². The van der Waals surface area contributed by atoms with Gasteiger partial charge in [0, 0.05) is 43.5 Å². The number of nitrogens with two attached hydrogens (primary N) is 1. The lowest BCUT2D eigenvalue weighted by molar-refractivity contribution is 0.498. The quantitative estimate of drug-likeness (QED) is 0.450. The van der Waals surface area contributed by atoms with E-state index >= 15 is 0 Å². The van der Waals surface area contributed by atoms with E-state index in [2.05, 4.69) is 9.88 Å². The highest BCUT2D eigenvalue weighted by Gasteiger charge is 2.26. The molecule has 4 aromatic rings. The molecule has 10 heteroatoms. The van der Waals surface area contributed by atoms with Gasteiger partial charge in [-0.15, -0.1) is 0 Å². The number of piperidine rings is 1. The molecule has 1 aliphatic rings. The Morgan fingerprint density at radius 3 is 2.67 bits per heavy atom. The van der Waals surface area contributed by atoms with Crippen LogP contribution in [-0.2, 0) is 13.6 Å². The lowest BCUT2D eigenvalue weighted by atomic mass is 10.1. The van der Waals surface area contributed by atoms with Gasteiger partial charge in [0.15, 0.2) is 0 Å². The molecular formula is C26H30ClFN6O2. The van der Waals surface area contributed by atoms with Crippen molar-refractivity contribution in [1.82, 2.24) is 18.7 Å². The lowest BCUT2D eigenvalue weighted by Crippen LogP contribution is -2.43. The largest absolute Gasteiger partial charge is 0.356 e. The highest BCUT2D eigenvalue weighted by molar-refractivity contribution is 6.31. The highest BCUT2D eigenvalue weighted by atomic mass is 35.5. The summed E-state index contributed by atoms with van der Waals surface area (Å²) < 4.78 is 18.4. The zero-order chi connectivity index (χ0) is 26.0. The summed E-state index contributed by atoms with van der Waals surface area (Å²) in [5.74, 6) is 0.309. The molecule has 2 N–H and O–H groups in total. The van der Waals surface area contributed by atoms with Crippen LogP contribution in [0.2, 0.25) is 5.02 Å². The number of halogens is 2. The Labute approximate surface area is 213 Å². The van der Waals surface area contributed by atoms with Gasteiger partial charge in [0.05, 0.1) is 23.9 Å². The fourth-order valence-corrected chi connectivity index (χ4v) is 4.80. The van der Waals surface area contributed by atoms with Crippen LogP contribution >= 0.6 is 11.6 Å². The Balaban J connectivity index is 0.00000148. The minimum absolute atomic E-state index is 0.0127. The fourth-order valence-electron chi connectivity index (χ4n) is 4.63. The Hall–Kier alpha value is -3.43. The molecule has 190 valence electrons. The molecule has 1 aliphatic heterocycles. The molecule has 1 saturated heterocycles. The van der Waals surface area contributed by atoms with Gasteiger partial charge < -0.3 is 15.2 Å². The molecule has 36 heavy (non-hydrogen) atoms. The summed E-state index contributed by atoms with van der Waals surface area (Å²) in [6.07, 6.45) is 5.00. The van der Waals surface area contributed by atoms with Crippen LogP contribution in [0, 0.1) is 5.82 Å². The van der Waals surface area contributed by atoms with E-state index in [-0.39, 0.29) is 12.6 Å². The maximum Gasteiger partial charge on any atom is 0.335 e. The third kappa shape index (κ3) is 4.68. The predicted molar refractivity (Wildman–Crippen MR) is 142 cm³/mol. The summed E-state index contributed by atoms with van der Waals surface area (Å²) >= 11 is 6.39. The van der Waals surface area contributed by atoms with Gasteiger partial charge in [-0.05, 0) is 48.7 Å². The van der Waals surface area contributed by atoms with E-state index in [9.17, 15) is 14.0 Å². The van der Waals surface area contributed by atoms with Crippen molar-refractivity contribution in [3.05, 3.63) is 86.0 Å². The van der Waals surface area contributed by atoms with Crippen LogP contribution < -0.4 is 21.9 Å². The van der Waals surface area contributed by atoms with Crippen molar-refractivity contribution in [3.63, 3.8) is 0 Å². The normalized spacial score (nSPS) is 15.6. The Bertz CT molecular complexity index is 1490. The molecular weight excluding hydrogens is 483 g/mol. The van der Waals surface area contributed by atoms with Gasteiger partial charge in [-0.25, -0.2) is 9.18 Å². The molecule has 0 saturated carbocycles. The summed E-state index contributed by atoms with van der Waals surface area (Å²) in [6, 6.07) is 9.46. The molecule has 8 nitrogen and oxygen atoms in total. The second-order valence-electron chi connectivity index (χ2n) is 8.60. The van der Waals surface area contributed by atoms with Crippen LogP contribution in [0.4, 0.5) is 10.2 Å². The van der Waals surface area contributed by atoms with Gasteiger partial charge in [0.2, 0.25) is 0 Å². The van der Waals surface area contributed by atoms with Crippen LogP contribution in [0.1, 0.15) is 32.3 Å². The van der Waals surface area contributed by atoms with E-state index in [0.29, 0.717) is 33.9 Å². The van der Waals surface area contributed by atoms with E-state index in [1.807, 2.05) is 24.5 Å². The van der Waals surface area contributed by atoms with Crippen molar-refractivity contribution in [3.8, 4) is 5.69 Å². The summed E-state index contributed by atoms with van der Waals surface area (Å²) in [5, 5.41) is 0.391. The molecule has 1 aromatic carbocycles. The third-order valence-corrected chi connectivity index (χ3v) is 6.67. The molecule has 3 aromatic heterocycles. The van der Waals surface area contributed by atoms with Gasteiger partial charge in [0.1, 0.15) is 17.2 Å². The zero-order valence-corrected chi connectivity index (χ0v) is 21.4. The second-order valence-corrected chi connectivity index (χ2v) is 9.01. The number of hydrogen-bond donors (Lipinski definition) is 1. The molecule has 1 unspecified atom stereocenters. The first-order valence-electron chi connectivity index (χ1n) is 12.1. The van der Waals surface area contributed by atoms with Gasteiger partial charge >= 0.3 is 5.69 Å². The summed E-state index contributed by atoms with van der Waals surface area (Å²) in [6.45, 7) is 5.50. The van der Waals surface area contributed by atoms with Crippen molar-refractivity contribution < 1.29 is 4.39 Å². The van der Waals surface area contributed by atoms with Gasteiger partial charge in [-0.1, -0.05) is 25.4 Å². The van der Waals surface area contributed by atoms with Crippen LogP contribution in [0.5, 0.6) is 0 Å². The molecule has 0 aliphatic carbocycles. The molecule has 0 bridgehead atoms. The van der Waals surface area contributed by atoms with Crippen LogP contribution in [0.25, 0.3) is 16.7 Å². The summed E-state index contributed by atoms with van der Waals surface area (Å²) in [4.78, 5) is 32.9. The van der Waals surface area contributed by atoms with Crippen molar-refractivity contribution in [2.24, 2.45) is 12.8 Å². The molecule has 0 spiro atoms. The van der Waals surface area contributed by atoms with E-state index in [4.69, 9.17) is 17.3 Å². The number of pyridine rings is 1. The fraction of sp³-hybridized carbons (Fsp3) is 0.346. The molecule has 4 heterocycles. The highest BCUT2D eigenvalue weighted by Crippen LogP contribution is 2.30. The van der Waals surface area contributed by atoms with Crippen LogP contribution in [0.3, 0.4) is 0 Å². The van der Waals surface area contributed by atoms with Crippen molar-refractivity contribution in [1.29, 1.82) is 0 Å². The minimum Gasteiger partial charge on any atom is -0.356 e. The van der Waals surface area contributed by atoms with Gasteiger partial charge in [-0.3, -0.25) is 18.9 Å². The Morgan fingerprint density at radius 2 is 1.97 bits per heavy atom. The number of anilines is 1. The first-order valence-corrected chi connectivity index (χ1v) is 12.4. The smallest absolute Gasteiger partial charge is 0.335 e. The summed E-state index contributed by atoms with van der Waals surface area (Å²) in [7, 11) is 1.44. The Morgan fingerprint density at radius 1 is 1.19 bits per heavy atom. The van der Waals surface area contributed by atoms with E-state index in [1.54, 1.807) is 24.5 Å². The number of fused-ring (bicyclic) bond motifs is 1. The maximum absolute atomic E-state index is 14.1. The third-order valence-electron chi connectivity index (χ3n) is 6.30. The minimum atomic E-state index is -0.478. The Kier molecular flexibility index (Phi) is 7.61. The second kappa shape index (κ2) is 10.7. The van der Waals surface area contributed by atoms with Crippen LogP contribution in [-0.4, -0.2) is 37.8 Å². The van der Waals surface area contributed by atoms with Crippen molar-refractivity contribution >= 4 is 28.5 Å². The number of benzene rings is 1. The van der Waals surface area contributed by atoms with E-state index in [0.717, 1.165) is 29.8 Å². The average molecular weight is 513 g/mol. The number of aromatic nitrogens is 4. The SMILES string of the molecule is CC.Cn1c(=O)c2c(cc(N3CCCC(N)C3)n2Cc2cc(F)ccc2Cl)n(-c2cccnc2)c1=O. The zero-order valence-electron chi connectivity index (χ0n) is 20.6. The molecule has 5 rings (SSSR count). The molecule has 0 radical (unpaired) electrons. The molecule has 1 fully saturated rings. The number of rotatable bonds is 4. The number of hydrogen-bond acceptors (Lipinski definition) is 5. The lowest BCUT2D eigenvalue weighted by Gasteiger charge is -2.33. The van der Waals surface area contributed by atoms with Crippen LogP contribution in [0.15, 0.2) is 58.4 Å².